The van der Waals surface area contributed by atoms with Gasteiger partial charge < -0.3 is 4.90 Å². The Labute approximate surface area is 160 Å². The van der Waals surface area contributed by atoms with Crippen molar-refractivity contribution >= 4 is 39.6 Å². The minimum Gasteiger partial charge on any atom is -0.340 e. The molecule has 0 radical (unpaired) electrons. The molecule has 0 aliphatic heterocycles. The number of benzene rings is 1. The summed E-state index contributed by atoms with van der Waals surface area (Å²) < 4.78 is 0. The number of aromatic nitrogens is 1. The molecule has 0 saturated heterocycles. The lowest BCUT2D eigenvalue weighted by Crippen LogP contribution is -2.27. The van der Waals surface area contributed by atoms with Gasteiger partial charge in [-0.3, -0.25) is 14.9 Å². The number of hydrogen-bond donors (Lipinski definition) is 1. The van der Waals surface area contributed by atoms with E-state index in [-0.39, 0.29) is 18.2 Å². The third-order valence-electron chi connectivity index (χ3n) is 3.92. The van der Waals surface area contributed by atoms with E-state index in [0.29, 0.717) is 22.9 Å². The molecule has 1 aromatic carbocycles. The van der Waals surface area contributed by atoms with Crippen LogP contribution in [0, 0.1) is 6.92 Å². The first-order valence-electron chi connectivity index (χ1n) is 8.10. The third-order valence-corrected chi connectivity index (χ3v) is 5.73. The number of aryl methyl sites for hydroxylation is 1. The van der Waals surface area contributed by atoms with Crippen molar-refractivity contribution in [2.45, 2.75) is 19.9 Å². The van der Waals surface area contributed by atoms with Gasteiger partial charge in [0.05, 0.1) is 18.7 Å². The second kappa shape index (κ2) is 8.25. The summed E-state index contributed by atoms with van der Waals surface area (Å²) >= 11 is 2.98. The van der Waals surface area contributed by atoms with Crippen molar-refractivity contribution in [3.8, 4) is 0 Å². The maximum Gasteiger partial charge on any atom is 0.257 e. The lowest BCUT2D eigenvalue weighted by atomic mass is 10.2. The molecule has 2 amide bonds. The summed E-state index contributed by atoms with van der Waals surface area (Å²) in [7, 11) is 1.80. The van der Waals surface area contributed by atoms with Crippen molar-refractivity contribution in [3.63, 3.8) is 0 Å². The van der Waals surface area contributed by atoms with Crippen molar-refractivity contribution < 1.29 is 9.59 Å². The summed E-state index contributed by atoms with van der Waals surface area (Å²) in [5, 5.41) is 7.11. The zero-order valence-corrected chi connectivity index (χ0v) is 16.2. The van der Waals surface area contributed by atoms with E-state index in [1.807, 2.05) is 35.9 Å². The Morgan fingerprint density at radius 1 is 1.15 bits per heavy atom. The molecule has 0 fully saturated rings. The van der Waals surface area contributed by atoms with Crippen molar-refractivity contribution in [2.24, 2.45) is 0 Å². The summed E-state index contributed by atoms with van der Waals surface area (Å²) in [6.07, 6.45) is 0.221. The first-order valence-corrected chi connectivity index (χ1v) is 9.86. The van der Waals surface area contributed by atoms with E-state index in [4.69, 9.17) is 0 Å². The number of nitrogens with zero attached hydrogens (tertiary/aromatic N) is 2. The molecule has 0 spiro atoms. The average Bonchev–Trinajstić information content (AvgIpc) is 3.24. The van der Waals surface area contributed by atoms with Gasteiger partial charge in [-0.2, -0.15) is 0 Å². The fourth-order valence-electron chi connectivity index (χ4n) is 2.36. The maximum atomic E-state index is 12.4. The van der Waals surface area contributed by atoms with E-state index in [9.17, 15) is 9.59 Å². The van der Waals surface area contributed by atoms with Crippen LogP contribution in [0.4, 0.5) is 5.13 Å². The van der Waals surface area contributed by atoms with Gasteiger partial charge in [-0.25, -0.2) is 4.98 Å². The average molecular weight is 386 g/mol. The Balaban J connectivity index is 1.57. The van der Waals surface area contributed by atoms with Crippen LogP contribution in [0.3, 0.4) is 0 Å². The number of nitrogens with one attached hydrogen (secondary N) is 1. The van der Waals surface area contributed by atoms with Crippen molar-refractivity contribution in [1.29, 1.82) is 0 Å². The molecule has 7 heteroatoms. The van der Waals surface area contributed by atoms with Crippen molar-refractivity contribution in [3.05, 3.63) is 68.9 Å². The van der Waals surface area contributed by atoms with E-state index in [1.165, 1.54) is 21.8 Å². The first kappa shape index (κ1) is 18.3. The predicted molar refractivity (Wildman–Crippen MR) is 106 cm³/mol. The SMILES string of the molecule is Cc1ccsc1CN(C)C(=O)Cc1csc(NC(=O)c2ccccc2)n1. The number of hydrogen-bond acceptors (Lipinski definition) is 5. The number of likely N-dealkylation sites (N-methyl/N-ethyl adjacent to an activating group) is 1. The molecule has 0 unspecified atom stereocenters. The van der Waals surface area contributed by atoms with E-state index < -0.39 is 0 Å². The summed E-state index contributed by atoms with van der Waals surface area (Å²) in [4.78, 5) is 31.8. The highest BCUT2D eigenvalue weighted by Gasteiger charge is 2.15. The summed E-state index contributed by atoms with van der Waals surface area (Å²) in [5.74, 6) is -0.202. The van der Waals surface area contributed by atoms with Gasteiger partial charge in [0.15, 0.2) is 5.13 Å². The Bertz CT molecular complexity index is 902. The summed E-state index contributed by atoms with van der Waals surface area (Å²) in [6, 6.07) is 11.0. The highest BCUT2D eigenvalue weighted by molar-refractivity contribution is 7.14. The van der Waals surface area contributed by atoms with E-state index in [1.54, 1.807) is 35.4 Å². The molecule has 3 aromatic rings. The molecule has 5 nitrogen and oxygen atoms in total. The van der Waals surface area contributed by atoms with Gasteiger partial charge in [-0.05, 0) is 36.1 Å². The van der Waals surface area contributed by atoms with Crippen LogP contribution in [0.5, 0.6) is 0 Å². The van der Waals surface area contributed by atoms with E-state index in [0.717, 1.165) is 0 Å². The van der Waals surface area contributed by atoms with E-state index in [2.05, 4.69) is 16.4 Å². The minimum atomic E-state index is -0.205. The highest BCUT2D eigenvalue weighted by Crippen LogP contribution is 2.19. The maximum absolute atomic E-state index is 12.4. The Hall–Kier alpha value is -2.51. The molecular formula is C19H19N3O2S2. The largest absolute Gasteiger partial charge is 0.340 e. The lowest BCUT2D eigenvalue weighted by molar-refractivity contribution is -0.129. The molecule has 1 N–H and O–H groups in total. The van der Waals surface area contributed by atoms with Crippen LogP contribution in [-0.2, 0) is 17.8 Å². The summed E-state index contributed by atoms with van der Waals surface area (Å²) in [5.41, 5.74) is 2.44. The second-order valence-electron chi connectivity index (χ2n) is 5.92. The Morgan fingerprint density at radius 3 is 2.62 bits per heavy atom. The van der Waals surface area contributed by atoms with Crippen LogP contribution >= 0.6 is 22.7 Å². The van der Waals surface area contributed by atoms with Gasteiger partial charge >= 0.3 is 0 Å². The number of rotatable bonds is 6. The van der Waals surface area contributed by atoms with Gasteiger partial charge in [-0.1, -0.05) is 18.2 Å². The van der Waals surface area contributed by atoms with Gasteiger partial charge in [0.1, 0.15) is 0 Å². The number of amides is 2. The molecule has 0 saturated carbocycles. The molecule has 26 heavy (non-hydrogen) atoms. The third kappa shape index (κ3) is 4.56. The van der Waals surface area contributed by atoms with Gasteiger partial charge in [0.2, 0.25) is 5.91 Å². The predicted octanol–water partition coefficient (Wildman–Crippen LogP) is 3.97. The number of thiophene rings is 1. The molecule has 2 aromatic heterocycles. The molecule has 3 rings (SSSR count). The fourth-order valence-corrected chi connectivity index (χ4v) is 4.03. The molecule has 0 aliphatic rings. The summed E-state index contributed by atoms with van der Waals surface area (Å²) in [6.45, 7) is 2.65. The first-order chi connectivity index (χ1) is 12.5. The van der Waals surface area contributed by atoms with Gasteiger partial charge in [-0.15, -0.1) is 22.7 Å². The smallest absolute Gasteiger partial charge is 0.257 e. The van der Waals surface area contributed by atoms with Crippen LogP contribution < -0.4 is 5.32 Å². The normalized spacial score (nSPS) is 10.5. The molecule has 134 valence electrons. The quantitative estimate of drug-likeness (QED) is 0.698. The van der Waals surface area contributed by atoms with Crippen LogP contribution in [0.2, 0.25) is 0 Å². The number of anilines is 1. The van der Waals surface area contributed by atoms with Crippen LogP contribution in [0.25, 0.3) is 0 Å². The fraction of sp³-hybridized carbons (Fsp3) is 0.211. The highest BCUT2D eigenvalue weighted by atomic mass is 32.1. The Kier molecular flexibility index (Phi) is 5.80. The molecular weight excluding hydrogens is 366 g/mol. The topological polar surface area (TPSA) is 62.3 Å². The van der Waals surface area contributed by atoms with E-state index >= 15 is 0 Å². The Morgan fingerprint density at radius 2 is 1.92 bits per heavy atom. The minimum absolute atomic E-state index is 0.00374. The second-order valence-corrected chi connectivity index (χ2v) is 7.78. The number of carbonyl (C=O) groups excluding carboxylic acids is 2. The zero-order chi connectivity index (χ0) is 18.5. The van der Waals surface area contributed by atoms with Gasteiger partial charge in [0.25, 0.3) is 5.91 Å². The van der Waals surface area contributed by atoms with Crippen molar-refractivity contribution in [1.82, 2.24) is 9.88 Å². The van der Waals surface area contributed by atoms with Gasteiger partial charge in [0, 0.05) is 22.9 Å². The molecule has 0 aliphatic carbocycles. The van der Waals surface area contributed by atoms with Crippen LogP contribution in [0.15, 0.2) is 47.2 Å². The number of carbonyl (C=O) groups is 2. The molecule has 2 heterocycles. The molecule has 0 bridgehead atoms. The van der Waals surface area contributed by atoms with Crippen LogP contribution in [0.1, 0.15) is 26.5 Å². The zero-order valence-electron chi connectivity index (χ0n) is 14.6. The standard InChI is InChI=1S/C19H19N3O2S2/c1-13-8-9-25-16(13)11-22(2)17(23)10-15-12-26-19(20-15)21-18(24)14-6-4-3-5-7-14/h3-9,12H,10-11H2,1-2H3,(H,20,21,24). The number of thiazole rings is 1. The monoisotopic (exact) mass is 385 g/mol. The molecule has 0 atom stereocenters. The van der Waals surface area contributed by atoms with Crippen LogP contribution in [-0.4, -0.2) is 28.7 Å². The van der Waals surface area contributed by atoms with Crippen molar-refractivity contribution in [2.75, 3.05) is 12.4 Å². The lowest BCUT2D eigenvalue weighted by Gasteiger charge is -2.16.